The zero-order valence-corrected chi connectivity index (χ0v) is 11.0. The van der Waals surface area contributed by atoms with E-state index in [1.807, 2.05) is 24.3 Å². The van der Waals surface area contributed by atoms with Crippen molar-refractivity contribution < 1.29 is 9.90 Å². The summed E-state index contributed by atoms with van der Waals surface area (Å²) < 4.78 is 0. The number of aromatic hydroxyl groups is 1. The quantitative estimate of drug-likeness (QED) is 0.801. The lowest BCUT2D eigenvalue weighted by atomic mass is 10.1. The molecule has 0 fully saturated rings. The van der Waals surface area contributed by atoms with Crippen molar-refractivity contribution in [3.05, 3.63) is 59.2 Å². The summed E-state index contributed by atoms with van der Waals surface area (Å²) in [4.78, 5) is 11.2. The summed E-state index contributed by atoms with van der Waals surface area (Å²) in [5.74, 6) is -0.120. The normalized spacial score (nSPS) is 16.7. The van der Waals surface area contributed by atoms with Crippen molar-refractivity contribution in [3.63, 3.8) is 0 Å². The minimum atomic E-state index is -0.426. The fourth-order valence-electron chi connectivity index (χ4n) is 2.72. The van der Waals surface area contributed by atoms with E-state index < -0.39 is 5.91 Å². The molecule has 1 amide bonds. The molecular weight excluding hydrogens is 252 g/mol. The van der Waals surface area contributed by atoms with Crippen molar-refractivity contribution in [1.29, 1.82) is 0 Å². The maximum absolute atomic E-state index is 11.2. The molecule has 1 atom stereocenters. The molecule has 0 spiro atoms. The fourth-order valence-corrected chi connectivity index (χ4v) is 2.72. The van der Waals surface area contributed by atoms with Crippen LogP contribution in [0.4, 0.5) is 5.69 Å². The molecule has 0 heterocycles. The molecule has 2 aromatic rings. The molecule has 0 radical (unpaired) electrons. The highest BCUT2D eigenvalue weighted by atomic mass is 16.3. The van der Waals surface area contributed by atoms with Crippen LogP contribution in [0.25, 0.3) is 0 Å². The molecule has 3 rings (SSSR count). The zero-order valence-electron chi connectivity index (χ0n) is 11.0. The summed E-state index contributed by atoms with van der Waals surface area (Å²) in [6.45, 7) is 0. The third-order valence-electron chi connectivity index (χ3n) is 3.69. The molecule has 4 nitrogen and oxygen atoms in total. The Morgan fingerprint density at radius 3 is 2.90 bits per heavy atom. The first-order valence-corrected chi connectivity index (χ1v) is 6.61. The van der Waals surface area contributed by atoms with Gasteiger partial charge in [-0.1, -0.05) is 12.1 Å². The van der Waals surface area contributed by atoms with E-state index in [4.69, 9.17) is 5.73 Å². The number of nitrogens with two attached hydrogens (primary N) is 1. The number of nitrogens with one attached hydrogen (secondary N) is 1. The van der Waals surface area contributed by atoms with Crippen LogP contribution in [0.5, 0.6) is 5.75 Å². The Labute approximate surface area is 117 Å². The van der Waals surface area contributed by atoms with Gasteiger partial charge in [-0.15, -0.1) is 0 Å². The number of amides is 1. The van der Waals surface area contributed by atoms with Crippen molar-refractivity contribution in [2.45, 2.75) is 18.9 Å². The molecular formula is C16H16N2O2. The highest BCUT2D eigenvalue weighted by molar-refractivity contribution is 5.93. The van der Waals surface area contributed by atoms with Crippen molar-refractivity contribution in [2.75, 3.05) is 5.32 Å². The summed E-state index contributed by atoms with van der Waals surface area (Å²) in [7, 11) is 0. The molecule has 0 aromatic heterocycles. The maximum Gasteiger partial charge on any atom is 0.248 e. The zero-order chi connectivity index (χ0) is 14.1. The molecule has 1 aliphatic carbocycles. The number of benzene rings is 2. The van der Waals surface area contributed by atoms with Crippen LogP contribution in [0.3, 0.4) is 0 Å². The number of rotatable bonds is 3. The summed E-state index contributed by atoms with van der Waals surface area (Å²) in [6.07, 6.45) is 1.91. The maximum atomic E-state index is 11.2. The molecule has 1 aliphatic rings. The largest absolute Gasteiger partial charge is 0.508 e. The van der Waals surface area contributed by atoms with Gasteiger partial charge in [0.15, 0.2) is 0 Å². The Kier molecular flexibility index (Phi) is 3.06. The lowest BCUT2D eigenvalue weighted by Gasteiger charge is -2.16. The van der Waals surface area contributed by atoms with E-state index in [2.05, 4.69) is 5.32 Å². The van der Waals surface area contributed by atoms with Crippen molar-refractivity contribution in [2.24, 2.45) is 5.73 Å². The Bertz CT molecular complexity index is 667. The number of aryl methyl sites for hydroxylation is 1. The van der Waals surface area contributed by atoms with Gasteiger partial charge in [-0.05, 0) is 54.3 Å². The van der Waals surface area contributed by atoms with Crippen LogP contribution in [0.2, 0.25) is 0 Å². The Morgan fingerprint density at radius 2 is 2.10 bits per heavy atom. The first kappa shape index (κ1) is 12.5. The average Bonchev–Trinajstić information content (AvgIpc) is 2.81. The van der Waals surface area contributed by atoms with Crippen LogP contribution < -0.4 is 11.1 Å². The SMILES string of the molecule is NC(=O)c1cccc(NC2CCc3cc(O)ccc32)c1. The van der Waals surface area contributed by atoms with Crippen LogP contribution in [-0.2, 0) is 6.42 Å². The van der Waals surface area contributed by atoms with Gasteiger partial charge in [-0.3, -0.25) is 4.79 Å². The molecule has 4 heteroatoms. The van der Waals surface area contributed by atoms with E-state index in [0.29, 0.717) is 11.3 Å². The molecule has 20 heavy (non-hydrogen) atoms. The van der Waals surface area contributed by atoms with Crippen LogP contribution in [0.1, 0.15) is 33.9 Å². The Morgan fingerprint density at radius 1 is 1.25 bits per heavy atom. The van der Waals surface area contributed by atoms with Gasteiger partial charge < -0.3 is 16.2 Å². The standard InChI is InChI=1S/C16H16N2O2/c17-16(20)11-2-1-3-12(8-11)18-15-7-4-10-9-13(19)5-6-14(10)15/h1-3,5-6,8-9,15,18-19H,4,7H2,(H2,17,20). The number of phenolic OH excluding ortho intramolecular Hbond substituents is 1. The lowest BCUT2D eigenvalue weighted by molar-refractivity contribution is 0.100. The van der Waals surface area contributed by atoms with Crippen molar-refractivity contribution in [3.8, 4) is 5.75 Å². The molecule has 1 unspecified atom stereocenters. The molecule has 102 valence electrons. The van der Waals surface area contributed by atoms with Crippen LogP contribution in [0.15, 0.2) is 42.5 Å². The molecule has 0 aliphatic heterocycles. The van der Waals surface area contributed by atoms with E-state index in [9.17, 15) is 9.90 Å². The Hall–Kier alpha value is -2.49. The molecule has 4 N–H and O–H groups in total. The number of carbonyl (C=O) groups excluding carboxylic acids is 1. The summed E-state index contributed by atoms with van der Waals surface area (Å²) >= 11 is 0. The third-order valence-corrected chi connectivity index (χ3v) is 3.69. The van der Waals surface area contributed by atoms with Gasteiger partial charge in [-0.2, -0.15) is 0 Å². The number of fused-ring (bicyclic) bond motifs is 1. The smallest absolute Gasteiger partial charge is 0.248 e. The number of primary amides is 1. The van der Waals surface area contributed by atoms with Crippen LogP contribution in [-0.4, -0.2) is 11.0 Å². The second kappa shape index (κ2) is 4.89. The Balaban J connectivity index is 1.84. The first-order chi connectivity index (χ1) is 9.63. The van der Waals surface area contributed by atoms with Crippen molar-refractivity contribution >= 4 is 11.6 Å². The van der Waals surface area contributed by atoms with E-state index in [0.717, 1.165) is 18.5 Å². The second-order valence-corrected chi connectivity index (χ2v) is 5.06. The summed E-state index contributed by atoms with van der Waals surface area (Å²) in [6, 6.07) is 12.9. The van der Waals surface area contributed by atoms with Gasteiger partial charge in [0.05, 0.1) is 6.04 Å². The van der Waals surface area contributed by atoms with Gasteiger partial charge in [0, 0.05) is 11.3 Å². The second-order valence-electron chi connectivity index (χ2n) is 5.06. The van der Waals surface area contributed by atoms with Crippen LogP contribution in [0, 0.1) is 0 Å². The number of carbonyl (C=O) groups is 1. The van der Waals surface area contributed by atoms with Crippen molar-refractivity contribution in [1.82, 2.24) is 0 Å². The van der Waals surface area contributed by atoms with Crippen LogP contribution >= 0.6 is 0 Å². The summed E-state index contributed by atoms with van der Waals surface area (Å²) in [5.41, 5.74) is 9.05. The van der Waals surface area contributed by atoms with E-state index >= 15 is 0 Å². The number of hydrogen-bond donors (Lipinski definition) is 3. The molecule has 0 bridgehead atoms. The number of hydrogen-bond acceptors (Lipinski definition) is 3. The van der Waals surface area contributed by atoms with E-state index in [1.54, 1.807) is 18.2 Å². The minimum Gasteiger partial charge on any atom is -0.508 e. The van der Waals surface area contributed by atoms with Gasteiger partial charge in [0.1, 0.15) is 5.75 Å². The van der Waals surface area contributed by atoms with Gasteiger partial charge >= 0.3 is 0 Å². The predicted molar refractivity (Wildman–Crippen MR) is 77.8 cm³/mol. The highest BCUT2D eigenvalue weighted by Crippen LogP contribution is 2.35. The monoisotopic (exact) mass is 268 g/mol. The molecule has 0 saturated heterocycles. The van der Waals surface area contributed by atoms with Gasteiger partial charge in [0.2, 0.25) is 5.91 Å². The highest BCUT2D eigenvalue weighted by Gasteiger charge is 2.22. The van der Waals surface area contributed by atoms with E-state index in [-0.39, 0.29) is 6.04 Å². The van der Waals surface area contributed by atoms with E-state index in [1.165, 1.54) is 11.1 Å². The topological polar surface area (TPSA) is 75.4 Å². The number of anilines is 1. The first-order valence-electron chi connectivity index (χ1n) is 6.61. The predicted octanol–water partition coefficient (Wildman–Crippen LogP) is 2.59. The third kappa shape index (κ3) is 2.32. The summed E-state index contributed by atoms with van der Waals surface area (Å²) in [5, 5.41) is 12.9. The minimum absolute atomic E-state index is 0.203. The van der Waals surface area contributed by atoms with Gasteiger partial charge in [0.25, 0.3) is 0 Å². The lowest BCUT2D eigenvalue weighted by Crippen LogP contribution is -2.12. The average molecular weight is 268 g/mol. The number of phenols is 1. The molecule has 0 saturated carbocycles. The fraction of sp³-hybridized carbons (Fsp3) is 0.188. The molecule has 2 aromatic carbocycles. The van der Waals surface area contributed by atoms with Gasteiger partial charge in [-0.25, -0.2) is 0 Å².